The molecule has 0 aliphatic carbocycles. The normalized spacial score (nSPS) is 13.7. The first-order chi connectivity index (χ1) is 40.6. The van der Waals surface area contributed by atoms with E-state index in [2.05, 4.69) is 58.9 Å². The van der Waals surface area contributed by atoms with Gasteiger partial charge in [0.1, 0.15) is 24.5 Å². The molecule has 3 heterocycles. The number of likely N-dealkylation sites (tertiary alicyclic amines) is 1. The number of pyridine rings is 1. The minimum atomic E-state index is -1.03. The van der Waals surface area contributed by atoms with Crippen molar-refractivity contribution >= 4 is 64.8 Å². The van der Waals surface area contributed by atoms with Crippen LogP contribution in [0.5, 0.6) is 0 Å². The lowest BCUT2D eigenvalue weighted by Gasteiger charge is -2.35. The molecule has 0 bridgehead atoms. The summed E-state index contributed by atoms with van der Waals surface area (Å²) < 4.78 is 19.4. The topological polar surface area (TPSA) is 253 Å². The van der Waals surface area contributed by atoms with Crippen molar-refractivity contribution in [1.29, 1.82) is 0 Å². The summed E-state index contributed by atoms with van der Waals surface area (Å²) in [6, 6.07) is 27.4. The summed E-state index contributed by atoms with van der Waals surface area (Å²) >= 11 is 0. The van der Waals surface area contributed by atoms with Crippen LogP contribution in [-0.2, 0) is 41.7 Å². The summed E-state index contributed by atoms with van der Waals surface area (Å²) in [5, 5.41) is 19.6. The van der Waals surface area contributed by atoms with Gasteiger partial charge in [-0.05, 0) is 134 Å². The third-order valence-corrected chi connectivity index (χ3v) is 14.2. The number of urea groups is 2. The van der Waals surface area contributed by atoms with Crippen molar-refractivity contribution in [3.8, 4) is 23.0 Å². The molecule has 2 fully saturated rings. The Bertz CT molecular complexity index is 3110. The van der Waals surface area contributed by atoms with Gasteiger partial charge in [-0.2, -0.15) is 0 Å². The number of benzene rings is 4. The standard InChI is InChI=1S/C63H74FN11O9/c1-4-66-61(81)67-33-9-11-54(71-60(80)58(43(2)3)72-55(76)12-6-5-7-35-75-56(77)29-30-57(75)78)59(79)69-50-23-16-46(17-24-50)42-84-63(83)74-38-36-73(37-39-74)52-26-19-47(20-27-52)53-28-25-51(40-48(53)18-13-44-14-21-49(64)22-15-44)70-62(82)68-34-31-45-10-8-32-65-41-45/h8,10,14-17,19-28,32,40-41,43,54,58H,4-7,9,11-12,29-31,33-39,42H2,1-3H3,(H,69,79)(H,71,80)(H,72,76)(H2,66,67,81)(H2,68,70,82)/t54-,58-/m0/s1. The third-order valence-electron chi connectivity index (χ3n) is 14.2. The smallest absolute Gasteiger partial charge is 0.410 e. The number of amides is 10. The van der Waals surface area contributed by atoms with Crippen LogP contribution in [-0.4, -0.2) is 127 Å². The second kappa shape index (κ2) is 31.8. The van der Waals surface area contributed by atoms with Crippen molar-refractivity contribution in [2.24, 2.45) is 5.92 Å². The van der Waals surface area contributed by atoms with Gasteiger partial charge >= 0.3 is 18.2 Å². The van der Waals surface area contributed by atoms with E-state index in [0.717, 1.165) is 22.4 Å². The zero-order valence-electron chi connectivity index (χ0n) is 47.8. The number of rotatable bonds is 25. The van der Waals surface area contributed by atoms with E-state index >= 15 is 0 Å². The van der Waals surface area contributed by atoms with Gasteiger partial charge in [0.25, 0.3) is 0 Å². The molecule has 0 unspecified atom stereocenters. The van der Waals surface area contributed by atoms with Gasteiger partial charge in [0.2, 0.25) is 29.5 Å². The van der Waals surface area contributed by atoms with Gasteiger partial charge in [0.05, 0.1) is 0 Å². The van der Waals surface area contributed by atoms with E-state index in [0.29, 0.717) is 106 Å². The van der Waals surface area contributed by atoms with Crippen LogP contribution in [0.25, 0.3) is 11.1 Å². The van der Waals surface area contributed by atoms with Crippen LogP contribution in [0.1, 0.15) is 94.4 Å². The number of nitrogens with one attached hydrogen (secondary N) is 7. The van der Waals surface area contributed by atoms with E-state index in [9.17, 15) is 42.7 Å². The van der Waals surface area contributed by atoms with Crippen LogP contribution < -0.4 is 42.1 Å². The number of carbonyl (C=O) groups excluding carboxylic acids is 8. The number of piperazine rings is 1. The Hall–Kier alpha value is -9.32. The van der Waals surface area contributed by atoms with E-state index in [1.165, 1.54) is 17.0 Å². The molecular weight excluding hydrogens is 1070 g/mol. The zero-order chi connectivity index (χ0) is 59.8. The van der Waals surface area contributed by atoms with Gasteiger partial charge in [0, 0.05) is 112 Å². The first-order valence-corrected chi connectivity index (χ1v) is 28.6. The molecule has 21 heteroatoms. The molecule has 4 aromatic carbocycles. The molecule has 2 atom stereocenters. The van der Waals surface area contributed by atoms with Crippen LogP contribution in [0, 0.1) is 23.6 Å². The van der Waals surface area contributed by atoms with Gasteiger partial charge in [0.15, 0.2) is 0 Å². The van der Waals surface area contributed by atoms with Gasteiger partial charge in [-0.3, -0.25) is 33.9 Å². The average molecular weight is 1150 g/mol. The molecule has 7 N–H and O–H groups in total. The summed E-state index contributed by atoms with van der Waals surface area (Å²) in [5.74, 6) is 3.93. The maximum atomic E-state index is 13.8. The van der Waals surface area contributed by atoms with Crippen molar-refractivity contribution in [2.45, 2.75) is 97.2 Å². The summed E-state index contributed by atoms with van der Waals surface area (Å²) in [6.07, 6.45) is 6.44. The monoisotopic (exact) mass is 1150 g/mol. The number of hydrogen-bond donors (Lipinski definition) is 7. The van der Waals surface area contributed by atoms with Gasteiger partial charge < -0.3 is 51.8 Å². The maximum absolute atomic E-state index is 13.8. The van der Waals surface area contributed by atoms with E-state index in [1.54, 1.807) is 74.5 Å². The fraction of sp³-hybridized carbons (Fsp3) is 0.381. The SMILES string of the molecule is CCNC(=O)NCCC[C@H](NC(=O)[C@@H](NC(=O)CCCCCN1C(=O)CCC1=O)C(C)C)C(=O)Nc1ccc(COC(=O)N2CCN(c3ccc(-c4ccc(NC(=O)NCCc5cccnc5)cc4C#Cc4ccc(F)cc4)cc3)CC2)cc1. The molecule has 1 aromatic heterocycles. The highest BCUT2D eigenvalue weighted by Gasteiger charge is 2.30. The Kier molecular flexibility index (Phi) is 23.6. The number of anilines is 3. The highest BCUT2D eigenvalue weighted by molar-refractivity contribution is 6.02. The van der Waals surface area contributed by atoms with Crippen LogP contribution in [0.3, 0.4) is 0 Å². The average Bonchev–Trinajstić information content (AvgIpc) is 4.00. The van der Waals surface area contributed by atoms with Crippen LogP contribution in [0.2, 0.25) is 0 Å². The van der Waals surface area contributed by atoms with Crippen molar-refractivity contribution in [3.05, 3.63) is 144 Å². The Morgan fingerprint density at radius 2 is 1.42 bits per heavy atom. The lowest BCUT2D eigenvalue weighted by atomic mass is 9.98. The van der Waals surface area contributed by atoms with Crippen molar-refractivity contribution in [1.82, 2.24) is 41.4 Å². The zero-order valence-corrected chi connectivity index (χ0v) is 47.8. The highest BCUT2D eigenvalue weighted by atomic mass is 19.1. The first kappa shape index (κ1) is 62.3. The largest absolute Gasteiger partial charge is 0.445 e. The predicted octanol–water partition coefficient (Wildman–Crippen LogP) is 7.48. The van der Waals surface area contributed by atoms with Gasteiger partial charge in [-0.1, -0.05) is 68.5 Å². The molecule has 442 valence electrons. The predicted molar refractivity (Wildman–Crippen MR) is 318 cm³/mol. The molecule has 10 amide bonds. The summed E-state index contributed by atoms with van der Waals surface area (Å²) in [7, 11) is 0. The van der Waals surface area contributed by atoms with Crippen LogP contribution >= 0.6 is 0 Å². The highest BCUT2D eigenvalue weighted by Crippen LogP contribution is 2.29. The van der Waals surface area contributed by atoms with Crippen molar-refractivity contribution in [2.75, 3.05) is 67.9 Å². The van der Waals surface area contributed by atoms with E-state index in [-0.39, 0.29) is 80.4 Å². The first-order valence-electron chi connectivity index (χ1n) is 28.6. The molecule has 0 saturated carbocycles. The number of imide groups is 1. The maximum Gasteiger partial charge on any atom is 0.410 e. The van der Waals surface area contributed by atoms with Crippen LogP contribution in [0.4, 0.5) is 35.8 Å². The lowest BCUT2D eigenvalue weighted by molar-refractivity contribution is -0.138. The molecule has 2 aliphatic heterocycles. The molecule has 0 radical (unpaired) electrons. The number of unbranched alkanes of at least 4 members (excludes halogenated alkanes) is 2. The third kappa shape index (κ3) is 19.4. The Morgan fingerprint density at radius 1 is 0.702 bits per heavy atom. The second-order valence-electron chi connectivity index (χ2n) is 20.8. The fourth-order valence-electron chi connectivity index (χ4n) is 9.49. The second-order valence-corrected chi connectivity index (χ2v) is 20.8. The minimum absolute atomic E-state index is 0.0116. The number of aromatic nitrogens is 1. The molecule has 2 saturated heterocycles. The Balaban J connectivity index is 0.882. The van der Waals surface area contributed by atoms with Crippen molar-refractivity contribution in [3.63, 3.8) is 0 Å². The molecule has 7 rings (SSSR count). The molecule has 5 aromatic rings. The van der Waals surface area contributed by atoms with Gasteiger partial charge in [-0.25, -0.2) is 18.8 Å². The minimum Gasteiger partial charge on any atom is -0.445 e. The molecular formula is C63H74FN11O9. The molecule has 20 nitrogen and oxygen atoms in total. The number of carbonyl (C=O) groups is 8. The lowest BCUT2D eigenvalue weighted by Crippen LogP contribution is -2.54. The van der Waals surface area contributed by atoms with E-state index < -0.39 is 30.0 Å². The number of ether oxygens (including phenoxy) is 1. The molecule has 2 aliphatic rings. The number of hydrogen-bond acceptors (Lipinski definition) is 11. The summed E-state index contributed by atoms with van der Waals surface area (Å²) in [5.41, 5.74) is 6.68. The molecule has 84 heavy (non-hydrogen) atoms. The quantitative estimate of drug-likeness (QED) is 0.0171. The summed E-state index contributed by atoms with van der Waals surface area (Å²) in [4.78, 5) is 112. The van der Waals surface area contributed by atoms with E-state index in [4.69, 9.17) is 4.74 Å². The van der Waals surface area contributed by atoms with Crippen LogP contribution in [0.15, 0.2) is 116 Å². The number of nitrogens with zero attached hydrogens (tertiary/aromatic N) is 4. The summed E-state index contributed by atoms with van der Waals surface area (Å²) in [6.45, 7) is 8.77. The van der Waals surface area contributed by atoms with Gasteiger partial charge in [-0.15, -0.1) is 0 Å². The van der Waals surface area contributed by atoms with E-state index in [1.807, 2.05) is 54.6 Å². The number of halogens is 1. The Labute approximate surface area is 489 Å². The Morgan fingerprint density at radius 3 is 2.11 bits per heavy atom. The molecule has 0 spiro atoms. The van der Waals surface area contributed by atoms with Crippen molar-refractivity contribution < 1.29 is 47.5 Å². The fourth-order valence-corrected chi connectivity index (χ4v) is 9.49.